The number of nitrogens with zero attached hydrogens (tertiary/aromatic N) is 2. The third kappa shape index (κ3) is 2.70. The van der Waals surface area contributed by atoms with E-state index < -0.39 is 11.0 Å². The van der Waals surface area contributed by atoms with Crippen LogP contribution >= 0.6 is 11.3 Å². The van der Waals surface area contributed by atoms with Crippen molar-refractivity contribution in [3.05, 3.63) is 21.1 Å². The van der Waals surface area contributed by atoms with Crippen molar-refractivity contribution in [2.45, 2.75) is 26.4 Å². The van der Waals surface area contributed by atoms with Crippen LogP contribution in [0.1, 0.15) is 31.2 Å². The first kappa shape index (κ1) is 12.9. The summed E-state index contributed by atoms with van der Waals surface area (Å²) in [5, 5.41) is 20.9. The Morgan fingerprint density at radius 3 is 2.75 bits per heavy atom. The van der Waals surface area contributed by atoms with Crippen LogP contribution in [0.4, 0.5) is 10.7 Å². The second kappa shape index (κ2) is 5.27. The average molecular weight is 244 g/mol. The predicted octanol–water partition coefficient (Wildman–Crippen LogP) is 2.56. The predicted molar refractivity (Wildman–Crippen MR) is 65.2 cm³/mol. The largest absolute Gasteiger partial charge is 0.388 e. The summed E-state index contributed by atoms with van der Waals surface area (Å²) in [5.41, 5.74) is 0.0804. The third-order valence-electron chi connectivity index (χ3n) is 2.23. The van der Waals surface area contributed by atoms with Gasteiger partial charge >= 0.3 is 5.69 Å². The lowest BCUT2D eigenvalue weighted by Crippen LogP contribution is -2.17. The molecule has 1 atom stereocenters. The minimum Gasteiger partial charge on any atom is -0.388 e. The number of hydrogen-bond acceptors (Lipinski definition) is 5. The Balaban J connectivity index is 3.09. The van der Waals surface area contributed by atoms with E-state index in [0.717, 1.165) is 13.0 Å². The van der Waals surface area contributed by atoms with Gasteiger partial charge in [-0.1, -0.05) is 6.92 Å². The van der Waals surface area contributed by atoms with Crippen LogP contribution in [0.3, 0.4) is 0 Å². The smallest absolute Gasteiger partial charge is 0.304 e. The van der Waals surface area contributed by atoms with Gasteiger partial charge in [-0.2, -0.15) is 0 Å². The van der Waals surface area contributed by atoms with Crippen LogP contribution in [-0.2, 0) is 0 Å². The molecule has 0 amide bonds. The fraction of sp³-hybridized carbons (Fsp3) is 0.600. The van der Waals surface area contributed by atoms with Crippen molar-refractivity contribution in [2.24, 2.45) is 0 Å². The van der Waals surface area contributed by atoms with Crippen molar-refractivity contribution < 1.29 is 10.0 Å². The van der Waals surface area contributed by atoms with E-state index in [0.29, 0.717) is 9.88 Å². The summed E-state index contributed by atoms with van der Waals surface area (Å²) in [7, 11) is 1.83. The van der Waals surface area contributed by atoms with E-state index >= 15 is 0 Å². The fourth-order valence-corrected chi connectivity index (χ4v) is 2.49. The molecule has 0 saturated heterocycles. The Hall–Kier alpha value is -1.14. The number of anilines is 1. The number of rotatable bonds is 5. The van der Waals surface area contributed by atoms with Crippen LogP contribution in [0.2, 0.25) is 0 Å². The normalized spacial score (nSPS) is 12.5. The second-order valence-electron chi connectivity index (χ2n) is 3.69. The van der Waals surface area contributed by atoms with Gasteiger partial charge in [-0.3, -0.25) is 10.1 Å². The zero-order valence-electron chi connectivity index (χ0n) is 9.64. The Labute approximate surface area is 98.5 Å². The summed E-state index contributed by atoms with van der Waals surface area (Å²) in [6.45, 7) is 4.39. The zero-order chi connectivity index (χ0) is 12.3. The highest BCUT2D eigenvalue weighted by Gasteiger charge is 2.23. The summed E-state index contributed by atoms with van der Waals surface area (Å²) in [5.74, 6) is 0. The van der Waals surface area contributed by atoms with Gasteiger partial charge in [0.05, 0.1) is 11.0 Å². The number of hydrogen-bond donors (Lipinski definition) is 1. The van der Waals surface area contributed by atoms with Gasteiger partial charge in [0, 0.05) is 24.5 Å². The van der Waals surface area contributed by atoms with Gasteiger partial charge in [-0.05, 0) is 13.3 Å². The van der Waals surface area contributed by atoms with Gasteiger partial charge < -0.3 is 10.0 Å². The van der Waals surface area contributed by atoms with Gasteiger partial charge in [0.15, 0.2) is 5.00 Å². The fourth-order valence-electron chi connectivity index (χ4n) is 1.44. The second-order valence-corrected chi connectivity index (χ2v) is 4.76. The SMILES string of the molecule is CCCN(C)c1sc([C@@H](C)O)cc1[N+](=O)[O-]. The molecule has 0 aliphatic carbocycles. The highest BCUT2D eigenvalue weighted by Crippen LogP contribution is 2.39. The summed E-state index contributed by atoms with van der Waals surface area (Å²) in [6, 6.07) is 1.46. The van der Waals surface area contributed by atoms with Crippen molar-refractivity contribution in [3.8, 4) is 0 Å². The molecule has 0 radical (unpaired) electrons. The summed E-state index contributed by atoms with van der Waals surface area (Å²) in [6.07, 6.45) is 0.266. The zero-order valence-corrected chi connectivity index (χ0v) is 10.5. The Bertz CT molecular complexity index is 376. The van der Waals surface area contributed by atoms with Crippen LogP contribution in [0.15, 0.2) is 6.07 Å². The van der Waals surface area contributed by atoms with Crippen LogP contribution in [-0.4, -0.2) is 23.6 Å². The van der Waals surface area contributed by atoms with E-state index in [9.17, 15) is 15.2 Å². The lowest BCUT2D eigenvalue weighted by atomic mass is 10.3. The standard InChI is InChI=1S/C10H16N2O3S/c1-4-5-11(3)10-8(12(14)15)6-9(16-10)7(2)13/h6-7,13H,4-5H2,1-3H3/t7-/m1/s1. The minimum atomic E-state index is -0.660. The Morgan fingerprint density at radius 1 is 1.69 bits per heavy atom. The molecule has 0 aromatic carbocycles. The molecule has 90 valence electrons. The molecule has 1 aromatic heterocycles. The molecule has 0 fully saturated rings. The Morgan fingerprint density at radius 2 is 2.31 bits per heavy atom. The lowest BCUT2D eigenvalue weighted by Gasteiger charge is -2.14. The van der Waals surface area contributed by atoms with Gasteiger partial charge in [0.2, 0.25) is 0 Å². The van der Waals surface area contributed by atoms with Gasteiger partial charge in [0.25, 0.3) is 0 Å². The number of thiophene rings is 1. The van der Waals surface area contributed by atoms with E-state index in [-0.39, 0.29) is 5.69 Å². The molecule has 1 aromatic rings. The first-order valence-corrected chi connectivity index (χ1v) is 5.96. The van der Waals surface area contributed by atoms with Crippen LogP contribution in [0.5, 0.6) is 0 Å². The molecule has 0 spiro atoms. The average Bonchev–Trinajstić information content (AvgIpc) is 2.62. The van der Waals surface area contributed by atoms with E-state index in [1.54, 1.807) is 6.92 Å². The lowest BCUT2D eigenvalue weighted by molar-refractivity contribution is -0.383. The first-order chi connectivity index (χ1) is 7.47. The van der Waals surface area contributed by atoms with E-state index in [1.807, 2.05) is 18.9 Å². The minimum absolute atomic E-state index is 0.0804. The van der Waals surface area contributed by atoms with Crippen molar-refractivity contribution in [2.75, 3.05) is 18.5 Å². The maximum Gasteiger partial charge on any atom is 0.304 e. The highest BCUT2D eigenvalue weighted by atomic mass is 32.1. The molecule has 1 heterocycles. The molecule has 0 aliphatic rings. The van der Waals surface area contributed by atoms with Crippen molar-refractivity contribution in [1.29, 1.82) is 0 Å². The van der Waals surface area contributed by atoms with Crippen LogP contribution in [0.25, 0.3) is 0 Å². The summed E-state index contributed by atoms with van der Waals surface area (Å²) >= 11 is 1.28. The molecule has 0 aliphatic heterocycles. The van der Waals surface area contributed by atoms with Crippen LogP contribution in [0, 0.1) is 10.1 Å². The number of aliphatic hydroxyl groups is 1. The molecular weight excluding hydrogens is 228 g/mol. The Kier molecular flexibility index (Phi) is 4.26. The summed E-state index contributed by atoms with van der Waals surface area (Å²) < 4.78 is 0. The number of aliphatic hydroxyl groups excluding tert-OH is 1. The topological polar surface area (TPSA) is 66.6 Å². The molecule has 16 heavy (non-hydrogen) atoms. The highest BCUT2D eigenvalue weighted by molar-refractivity contribution is 7.16. The quantitative estimate of drug-likeness (QED) is 0.638. The molecule has 0 saturated carbocycles. The third-order valence-corrected chi connectivity index (χ3v) is 3.64. The van der Waals surface area contributed by atoms with Crippen LogP contribution < -0.4 is 4.90 Å². The molecular formula is C10H16N2O3S. The monoisotopic (exact) mass is 244 g/mol. The molecule has 6 heteroatoms. The summed E-state index contributed by atoms with van der Waals surface area (Å²) in [4.78, 5) is 13.0. The molecule has 1 N–H and O–H groups in total. The van der Waals surface area contributed by atoms with E-state index in [1.165, 1.54) is 17.4 Å². The van der Waals surface area contributed by atoms with Gasteiger partial charge in [0.1, 0.15) is 0 Å². The molecule has 0 bridgehead atoms. The van der Waals surface area contributed by atoms with Gasteiger partial charge in [-0.15, -0.1) is 11.3 Å². The first-order valence-electron chi connectivity index (χ1n) is 5.14. The number of nitro groups is 1. The maximum atomic E-state index is 10.9. The van der Waals surface area contributed by atoms with Gasteiger partial charge in [-0.25, -0.2) is 0 Å². The molecule has 0 unspecified atom stereocenters. The van der Waals surface area contributed by atoms with Crippen molar-refractivity contribution >= 4 is 22.0 Å². The van der Waals surface area contributed by atoms with E-state index in [2.05, 4.69) is 0 Å². The van der Waals surface area contributed by atoms with Crippen molar-refractivity contribution in [3.63, 3.8) is 0 Å². The molecule has 5 nitrogen and oxygen atoms in total. The molecule has 1 rings (SSSR count). The maximum absolute atomic E-state index is 10.9. The van der Waals surface area contributed by atoms with E-state index in [4.69, 9.17) is 0 Å². The van der Waals surface area contributed by atoms with Crippen molar-refractivity contribution in [1.82, 2.24) is 0 Å².